The Labute approximate surface area is 93.3 Å². The lowest BCUT2D eigenvalue weighted by atomic mass is 10.2. The quantitative estimate of drug-likeness (QED) is 0.748. The van der Waals surface area contributed by atoms with Crippen molar-refractivity contribution in [3.05, 3.63) is 5.82 Å². The second-order valence-electron chi connectivity index (χ2n) is 3.49. The van der Waals surface area contributed by atoms with Gasteiger partial charge in [0.2, 0.25) is 5.13 Å². The number of anilines is 1. The lowest BCUT2D eigenvalue weighted by Gasteiger charge is -2.20. The SMILES string of the molecule is CCc1nsc(N2CCCC2CCl)n1. The predicted molar refractivity (Wildman–Crippen MR) is 60.4 cm³/mol. The fourth-order valence-corrected chi connectivity index (χ4v) is 2.92. The molecular weight excluding hydrogens is 218 g/mol. The molecule has 0 N–H and O–H groups in total. The van der Waals surface area contributed by atoms with Gasteiger partial charge in [0.05, 0.1) is 0 Å². The van der Waals surface area contributed by atoms with Gasteiger partial charge in [-0.2, -0.15) is 4.37 Å². The molecule has 1 aromatic rings. The zero-order chi connectivity index (χ0) is 9.97. The van der Waals surface area contributed by atoms with Crippen molar-refractivity contribution in [3.8, 4) is 0 Å². The first-order chi connectivity index (χ1) is 6.85. The van der Waals surface area contributed by atoms with Gasteiger partial charge in [-0.3, -0.25) is 0 Å². The fourth-order valence-electron chi connectivity index (χ4n) is 1.75. The van der Waals surface area contributed by atoms with Gasteiger partial charge in [0.1, 0.15) is 5.82 Å². The number of aryl methyl sites for hydroxylation is 1. The summed E-state index contributed by atoms with van der Waals surface area (Å²) in [5, 5.41) is 1.05. The van der Waals surface area contributed by atoms with Crippen LogP contribution >= 0.6 is 23.1 Å². The van der Waals surface area contributed by atoms with Crippen LogP contribution in [-0.4, -0.2) is 27.8 Å². The predicted octanol–water partition coefficient (Wildman–Crippen LogP) is 2.31. The van der Waals surface area contributed by atoms with Crippen LogP contribution < -0.4 is 4.90 Å². The van der Waals surface area contributed by atoms with Crippen molar-refractivity contribution in [3.63, 3.8) is 0 Å². The minimum atomic E-state index is 0.467. The molecule has 2 heterocycles. The molecule has 1 aliphatic rings. The second-order valence-corrected chi connectivity index (χ2v) is 4.53. The third kappa shape index (κ3) is 1.86. The van der Waals surface area contributed by atoms with Crippen LogP contribution in [0.25, 0.3) is 0 Å². The van der Waals surface area contributed by atoms with Gasteiger partial charge in [-0.15, -0.1) is 11.6 Å². The van der Waals surface area contributed by atoms with E-state index in [0.29, 0.717) is 11.9 Å². The van der Waals surface area contributed by atoms with Gasteiger partial charge >= 0.3 is 0 Å². The molecule has 14 heavy (non-hydrogen) atoms. The van der Waals surface area contributed by atoms with Crippen LogP contribution in [0.15, 0.2) is 0 Å². The van der Waals surface area contributed by atoms with Gasteiger partial charge in [-0.25, -0.2) is 4.98 Å². The Hall–Kier alpha value is -0.350. The number of rotatable bonds is 3. The van der Waals surface area contributed by atoms with E-state index in [1.54, 1.807) is 0 Å². The van der Waals surface area contributed by atoms with E-state index in [9.17, 15) is 0 Å². The van der Waals surface area contributed by atoms with Gasteiger partial charge < -0.3 is 4.90 Å². The standard InChI is InChI=1S/C9H14ClN3S/c1-2-8-11-9(14-12-8)13-5-3-4-7(13)6-10/h7H,2-6H2,1H3. The number of halogens is 1. The Morgan fingerprint density at radius 1 is 1.64 bits per heavy atom. The van der Waals surface area contributed by atoms with Crippen molar-refractivity contribution in [2.45, 2.75) is 32.2 Å². The molecular formula is C9H14ClN3S. The highest BCUT2D eigenvalue weighted by atomic mass is 35.5. The third-order valence-corrected chi connectivity index (χ3v) is 3.72. The van der Waals surface area contributed by atoms with Crippen molar-refractivity contribution in [2.24, 2.45) is 0 Å². The smallest absolute Gasteiger partial charge is 0.205 e. The Morgan fingerprint density at radius 2 is 2.50 bits per heavy atom. The Kier molecular flexibility index (Phi) is 3.23. The fraction of sp³-hybridized carbons (Fsp3) is 0.778. The minimum Gasteiger partial charge on any atom is -0.343 e. The number of nitrogens with zero attached hydrogens (tertiary/aromatic N) is 3. The summed E-state index contributed by atoms with van der Waals surface area (Å²) in [7, 11) is 0. The van der Waals surface area contributed by atoms with Gasteiger partial charge in [0, 0.05) is 36.4 Å². The Bertz CT molecular complexity index is 302. The first-order valence-electron chi connectivity index (χ1n) is 5.00. The highest BCUT2D eigenvalue weighted by molar-refractivity contribution is 7.09. The van der Waals surface area contributed by atoms with Gasteiger partial charge in [-0.05, 0) is 12.8 Å². The van der Waals surface area contributed by atoms with E-state index in [2.05, 4.69) is 21.2 Å². The highest BCUT2D eigenvalue weighted by Crippen LogP contribution is 2.27. The van der Waals surface area contributed by atoms with Crippen LogP contribution in [0.1, 0.15) is 25.6 Å². The Morgan fingerprint density at radius 3 is 3.14 bits per heavy atom. The summed E-state index contributed by atoms with van der Waals surface area (Å²) < 4.78 is 4.29. The van der Waals surface area contributed by atoms with Crippen molar-refractivity contribution < 1.29 is 0 Å². The molecule has 1 atom stereocenters. The van der Waals surface area contributed by atoms with Crippen LogP contribution in [0.5, 0.6) is 0 Å². The van der Waals surface area contributed by atoms with Crippen molar-refractivity contribution in [2.75, 3.05) is 17.3 Å². The minimum absolute atomic E-state index is 0.467. The van der Waals surface area contributed by atoms with E-state index in [1.807, 2.05) is 0 Å². The lowest BCUT2D eigenvalue weighted by molar-refractivity contribution is 0.738. The summed E-state index contributed by atoms with van der Waals surface area (Å²) in [4.78, 5) is 6.78. The van der Waals surface area contributed by atoms with Crippen LogP contribution in [0.2, 0.25) is 0 Å². The molecule has 5 heteroatoms. The molecule has 0 bridgehead atoms. The lowest BCUT2D eigenvalue weighted by Crippen LogP contribution is -2.30. The van der Waals surface area contributed by atoms with Crippen molar-refractivity contribution in [1.29, 1.82) is 0 Å². The molecule has 1 unspecified atom stereocenters. The molecule has 0 radical (unpaired) electrons. The molecule has 0 aliphatic carbocycles. The maximum Gasteiger partial charge on any atom is 0.205 e. The first kappa shape index (κ1) is 10.2. The molecule has 3 nitrogen and oxygen atoms in total. The monoisotopic (exact) mass is 231 g/mol. The molecule has 78 valence electrons. The van der Waals surface area contributed by atoms with Crippen LogP contribution in [0.4, 0.5) is 5.13 Å². The van der Waals surface area contributed by atoms with Crippen molar-refractivity contribution in [1.82, 2.24) is 9.36 Å². The van der Waals surface area contributed by atoms with Crippen LogP contribution in [0.3, 0.4) is 0 Å². The zero-order valence-corrected chi connectivity index (χ0v) is 9.81. The van der Waals surface area contributed by atoms with E-state index in [1.165, 1.54) is 24.4 Å². The number of alkyl halides is 1. The summed E-state index contributed by atoms with van der Waals surface area (Å²) in [5.74, 6) is 1.64. The first-order valence-corrected chi connectivity index (χ1v) is 6.31. The molecule has 0 aromatic carbocycles. The number of hydrogen-bond acceptors (Lipinski definition) is 4. The molecule has 1 aromatic heterocycles. The molecule has 0 saturated carbocycles. The van der Waals surface area contributed by atoms with Crippen LogP contribution in [-0.2, 0) is 6.42 Å². The molecule has 1 fully saturated rings. The largest absolute Gasteiger partial charge is 0.343 e. The molecule has 1 saturated heterocycles. The maximum absolute atomic E-state index is 5.91. The Balaban J connectivity index is 2.13. The summed E-state index contributed by atoms with van der Waals surface area (Å²) in [6, 6.07) is 0.467. The second kappa shape index (κ2) is 4.45. The molecule has 1 aliphatic heterocycles. The van der Waals surface area contributed by atoms with Crippen LogP contribution in [0, 0.1) is 0 Å². The van der Waals surface area contributed by atoms with E-state index >= 15 is 0 Å². The average Bonchev–Trinajstić information content (AvgIpc) is 2.85. The maximum atomic E-state index is 5.91. The molecule has 0 spiro atoms. The van der Waals surface area contributed by atoms with Crippen molar-refractivity contribution >= 4 is 28.3 Å². The normalized spacial score (nSPS) is 21.9. The van der Waals surface area contributed by atoms with Gasteiger partial charge in [0.15, 0.2) is 0 Å². The number of hydrogen-bond donors (Lipinski definition) is 0. The van der Waals surface area contributed by atoms with E-state index in [-0.39, 0.29) is 0 Å². The summed E-state index contributed by atoms with van der Waals surface area (Å²) in [5.41, 5.74) is 0. The average molecular weight is 232 g/mol. The van der Waals surface area contributed by atoms with Gasteiger partial charge in [-0.1, -0.05) is 6.92 Å². The van der Waals surface area contributed by atoms with Gasteiger partial charge in [0.25, 0.3) is 0 Å². The summed E-state index contributed by atoms with van der Waals surface area (Å²) in [6.45, 7) is 3.16. The summed E-state index contributed by atoms with van der Waals surface area (Å²) >= 11 is 7.40. The molecule has 0 amide bonds. The van der Waals surface area contributed by atoms with E-state index in [0.717, 1.165) is 23.9 Å². The third-order valence-electron chi connectivity index (χ3n) is 2.57. The topological polar surface area (TPSA) is 29.0 Å². The summed E-state index contributed by atoms with van der Waals surface area (Å²) in [6.07, 6.45) is 3.32. The number of aromatic nitrogens is 2. The molecule has 2 rings (SSSR count). The van der Waals surface area contributed by atoms with E-state index in [4.69, 9.17) is 11.6 Å². The van der Waals surface area contributed by atoms with E-state index < -0.39 is 0 Å². The zero-order valence-electron chi connectivity index (χ0n) is 8.24. The highest BCUT2D eigenvalue weighted by Gasteiger charge is 2.26.